The highest BCUT2D eigenvalue weighted by atomic mass is 32.2. The molecule has 0 unspecified atom stereocenters. The third kappa shape index (κ3) is 5.76. The second kappa shape index (κ2) is 9.22. The van der Waals surface area contributed by atoms with Crippen molar-refractivity contribution >= 4 is 10.0 Å². The van der Waals surface area contributed by atoms with Crippen LogP contribution in [0.25, 0.3) is 0 Å². The summed E-state index contributed by atoms with van der Waals surface area (Å²) in [5.41, 5.74) is 1.67. The van der Waals surface area contributed by atoms with E-state index in [0.717, 1.165) is 11.3 Å². The Morgan fingerprint density at radius 2 is 1.92 bits per heavy atom. The highest BCUT2D eigenvalue weighted by Gasteiger charge is 2.14. The number of nitrogens with zero attached hydrogens (tertiary/aromatic N) is 1. The van der Waals surface area contributed by atoms with Crippen molar-refractivity contribution in [2.24, 2.45) is 0 Å². The van der Waals surface area contributed by atoms with Crippen molar-refractivity contribution in [2.75, 3.05) is 19.8 Å². The molecule has 0 aliphatic carbocycles. The minimum atomic E-state index is -3.62. The van der Waals surface area contributed by atoms with Gasteiger partial charge in [-0.25, -0.2) is 8.42 Å². The van der Waals surface area contributed by atoms with Crippen LogP contribution in [0, 0.1) is 25.7 Å². The minimum absolute atomic E-state index is 0.00407. The number of aryl methyl sites for hydroxylation is 2. The molecule has 0 aliphatic rings. The minimum Gasteiger partial charge on any atom is -0.494 e. The fraction of sp³-hybridized carbons (Fsp3) is 0.316. The first-order valence-corrected chi connectivity index (χ1v) is 9.65. The van der Waals surface area contributed by atoms with Crippen molar-refractivity contribution in [3.8, 4) is 23.3 Å². The van der Waals surface area contributed by atoms with Gasteiger partial charge < -0.3 is 9.47 Å². The first-order chi connectivity index (χ1) is 12.4. The molecular formula is C19H22N2O4S. The molecule has 0 fully saturated rings. The number of pyridine rings is 1. The number of benzene rings is 1. The predicted molar refractivity (Wildman–Crippen MR) is 99.8 cm³/mol. The lowest BCUT2D eigenvalue weighted by Gasteiger charge is -2.09. The first kappa shape index (κ1) is 19.8. The molecule has 138 valence electrons. The Labute approximate surface area is 154 Å². The summed E-state index contributed by atoms with van der Waals surface area (Å²) in [5.74, 6) is 6.79. The Bertz CT molecular complexity index is 897. The zero-order chi connectivity index (χ0) is 19.0. The van der Waals surface area contributed by atoms with E-state index >= 15 is 0 Å². The number of nitrogens with one attached hydrogen (secondary N) is 1. The van der Waals surface area contributed by atoms with Gasteiger partial charge in [0, 0.05) is 5.69 Å². The molecule has 1 aromatic heterocycles. The number of ether oxygens (including phenoxy) is 2. The molecular weight excluding hydrogens is 352 g/mol. The summed E-state index contributed by atoms with van der Waals surface area (Å²) < 4.78 is 37.8. The molecule has 0 bridgehead atoms. The van der Waals surface area contributed by atoms with E-state index in [1.165, 1.54) is 6.07 Å². The smallest absolute Gasteiger partial charge is 0.241 e. The Morgan fingerprint density at radius 1 is 1.12 bits per heavy atom. The van der Waals surface area contributed by atoms with E-state index in [0.29, 0.717) is 18.1 Å². The van der Waals surface area contributed by atoms with Crippen molar-refractivity contribution in [2.45, 2.75) is 25.7 Å². The quantitative estimate of drug-likeness (QED) is 0.754. The molecule has 2 aromatic rings. The lowest BCUT2D eigenvalue weighted by Crippen LogP contribution is -2.24. The van der Waals surface area contributed by atoms with Crippen LogP contribution in [0.1, 0.15) is 18.2 Å². The van der Waals surface area contributed by atoms with E-state index in [4.69, 9.17) is 9.47 Å². The summed E-state index contributed by atoms with van der Waals surface area (Å²) in [6, 6.07) is 8.40. The zero-order valence-electron chi connectivity index (χ0n) is 15.1. The third-order valence-corrected chi connectivity index (χ3v) is 4.83. The highest BCUT2D eigenvalue weighted by Crippen LogP contribution is 2.21. The fourth-order valence-corrected chi connectivity index (χ4v) is 3.10. The van der Waals surface area contributed by atoms with E-state index in [1.807, 2.05) is 19.9 Å². The van der Waals surface area contributed by atoms with Gasteiger partial charge in [0.1, 0.15) is 18.1 Å². The molecule has 2 rings (SSSR count). The average Bonchev–Trinajstić information content (AvgIpc) is 2.61. The van der Waals surface area contributed by atoms with Gasteiger partial charge in [0.15, 0.2) is 0 Å². The Balaban J connectivity index is 1.86. The Morgan fingerprint density at radius 3 is 2.58 bits per heavy atom. The van der Waals surface area contributed by atoms with Gasteiger partial charge in [-0.05, 0) is 56.7 Å². The molecule has 1 N–H and O–H groups in total. The highest BCUT2D eigenvalue weighted by molar-refractivity contribution is 7.89. The maximum Gasteiger partial charge on any atom is 0.241 e. The predicted octanol–water partition coefficient (Wildman–Crippen LogP) is 2.46. The van der Waals surface area contributed by atoms with Gasteiger partial charge in [0.2, 0.25) is 10.0 Å². The monoisotopic (exact) mass is 374 g/mol. The van der Waals surface area contributed by atoms with Crippen LogP contribution in [0.3, 0.4) is 0 Å². The zero-order valence-corrected chi connectivity index (χ0v) is 15.9. The number of hydrogen-bond acceptors (Lipinski definition) is 5. The standard InChI is InChI=1S/C19H22N2O4S/c1-4-24-19-10-9-18(13-15(19)2)26(22,23)21-11-5-6-12-25-17-8-7-16(3)20-14-17/h7-10,13-14,21H,4,11-12H2,1-3H3. The van der Waals surface area contributed by atoms with Crippen molar-refractivity contribution in [1.29, 1.82) is 0 Å². The number of hydrogen-bond donors (Lipinski definition) is 1. The van der Waals surface area contributed by atoms with Crippen LogP contribution in [0.4, 0.5) is 0 Å². The molecule has 6 nitrogen and oxygen atoms in total. The molecule has 0 aliphatic heterocycles. The van der Waals surface area contributed by atoms with E-state index < -0.39 is 10.0 Å². The molecule has 0 spiro atoms. The van der Waals surface area contributed by atoms with Crippen LogP contribution in [0.15, 0.2) is 41.4 Å². The summed E-state index contributed by atoms with van der Waals surface area (Å²) in [4.78, 5) is 4.29. The maximum atomic E-state index is 12.3. The largest absolute Gasteiger partial charge is 0.494 e. The molecule has 1 heterocycles. The molecule has 0 saturated heterocycles. The van der Waals surface area contributed by atoms with Gasteiger partial charge in [-0.2, -0.15) is 4.72 Å². The summed E-state index contributed by atoms with van der Waals surface area (Å²) in [7, 11) is -3.62. The second-order valence-corrected chi connectivity index (χ2v) is 7.23. The lowest BCUT2D eigenvalue weighted by molar-refractivity contribution is 0.337. The SMILES string of the molecule is CCOc1ccc(S(=O)(=O)NCC#CCOc2ccc(C)nc2)cc1C. The number of rotatable bonds is 7. The number of aromatic nitrogens is 1. The van der Waals surface area contributed by atoms with Crippen LogP contribution in [-0.4, -0.2) is 33.2 Å². The fourth-order valence-electron chi connectivity index (χ4n) is 2.09. The summed E-state index contributed by atoms with van der Waals surface area (Å²) in [6.45, 7) is 6.27. The van der Waals surface area contributed by atoms with Gasteiger partial charge in [-0.15, -0.1) is 0 Å². The van der Waals surface area contributed by atoms with Gasteiger partial charge in [0.05, 0.1) is 24.2 Å². The summed E-state index contributed by atoms with van der Waals surface area (Å²) >= 11 is 0. The van der Waals surface area contributed by atoms with Crippen molar-refractivity contribution in [3.05, 3.63) is 47.8 Å². The van der Waals surface area contributed by atoms with Crippen molar-refractivity contribution in [1.82, 2.24) is 9.71 Å². The summed E-state index contributed by atoms with van der Waals surface area (Å²) in [6.07, 6.45) is 1.62. The topological polar surface area (TPSA) is 77.5 Å². The maximum absolute atomic E-state index is 12.3. The van der Waals surface area contributed by atoms with Crippen LogP contribution in [-0.2, 0) is 10.0 Å². The van der Waals surface area contributed by atoms with Gasteiger partial charge in [-0.3, -0.25) is 4.98 Å². The molecule has 1 aromatic carbocycles. The van der Waals surface area contributed by atoms with Crippen LogP contribution in [0.2, 0.25) is 0 Å². The van der Waals surface area contributed by atoms with Crippen LogP contribution < -0.4 is 14.2 Å². The van der Waals surface area contributed by atoms with Gasteiger partial charge in [-0.1, -0.05) is 11.8 Å². The molecule has 0 amide bonds. The van der Waals surface area contributed by atoms with Crippen molar-refractivity contribution in [3.63, 3.8) is 0 Å². The van der Waals surface area contributed by atoms with Gasteiger partial charge >= 0.3 is 0 Å². The molecule has 7 heteroatoms. The van der Waals surface area contributed by atoms with Crippen molar-refractivity contribution < 1.29 is 17.9 Å². The molecule has 26 heavy (non-hydrogen) atoms. The average molecular weight is 374 g/mol. The van der Waals surface area contributed by atoms with E-state index in [1.54, 1.807) is 31.3 Å². The Kier molecular flexibility index (Phi) is 7.01. The first-order valence-electron chi connectivity index (χ1n) is 8.16. The Hall–Kier alpha value is -2.56. The molecule has 0 atom stereocenters. The van der Waals surface area contributed by atoms with E-state index in [-0.39, 0.29) is 18.0 Å². The van der Waals surface area contributed by atoms with E-state index in [2.05, 4.69) is 21.5 Å². The van der Waals surface area contributed by atoms with Crippen LogP contribution >= 0.6 is 0 Å². The van der Waals surface area contributed by atoms with Gasteiger partial charge in [0.25, 0.3) is 0 Å². The lowest BCUT2D eigenvalue weighted by atomic mass is 10.2. The molecule has 0 radical (unpaired) electrons. The summed E-state index contributed by atoms with van der Waals surface area (Å²) in [5, 5.41) is 0. The molecule has 0 saturated carbocycles. The normalized spacial score (nSPS) is 10.7. The number of sulfonamides is 1. The third-order valence-electron chi connectivity index (χ3n) is 3.43. The second-order valence-electron chi connectivity index (χ2n) is 5.46. The van der Waals surface area contributed by atoms with E-state index in [9.17, 15) is 8.42 Å². The van der Waals surface area contributed by atoms with Crippen LogP contribution in [0.5, 0.6) is 11.5 Å².